The van der Waals surface area contributed by atoms with Gasteiger partial charge in [0, 0.05) is 6.61 Å². The molecule has 1 rings (SSSR count). The van der Waals surface area contributed by atoms with Crippen molar-refractivity contribution >= 4 is 5.97 Å². The molecule has 0 N–H and O–H groups in total. The largest absolute Gasteiger partial charge is 0.462 e. The maximum absolute atomic E-state index is 10.9. The second-order valence-electron chi connectivity index (χ2n) is 2.55. The number of carbonyl (C=O) groups excluding carboxylic acids is 1. The zero-order valence-corrected chi connectivity index (χ0v) is 8.15. The Hall–Kier alpha value is -1.43. The monoisotopic (exact) mass is 200 g/mol. The Morgan fingerprint density at radius 3 is 2.93 bits per heavy atom. The van der Waals surface area contributed by atoms with Crippen LogP contribution in [0, 0.1) is 0 Å². The molecule has 0 bridgehead atoms. The maximum atomic E-state index is 10.9. The normalized spacial score (nSPS) is 10.1. The molecular formula is C8H12N2O4. The first-order chi connectivity index (χ1) is 6.77. The van der Waals surface area contributed by atoms with Gasteiger partial charge in [0.1, 0.15) is 6.61 Å². The highest BCUT2D eigenvalue weighted by molar-refractivity contribution is 5.83. The van der Waals surface area contributed by atoms with Gasteiger partial charge in [-0.15, -0.1) is 10.2 Å². The summed E-state index contributed by atoms with van der Waals surface area (Å²) in [4.78, 5) is 10.9. The van der Waals surface area contributed by atoms with Crippen LogP contribution in [-0.4, -0.2) is 29.9 Å². The number of ether oxygens (including phenoxy) is 2. The standard InChI is InChI=1S/C8H12N2O4/c1-3-4-13-5-6-9-10-7(14-6)8(11)12-2/h3-5H2,1-2H3. The molecule has 1 aromatic heterocycles. The van der Waals surface area contributed by atoms with Gasteiger partial charge in [-0.3, -0.25) is 0 Å². The van der Waals surface area contributed by atoms with Gasteiger partial charge in [-0.2, -0.15) is 0 Å². The number of hydrogen-bond donors (Lipinski definition) is 0. The molecule has 78 valence electrons. The predicted molar refractivity (Wildman–Crippen MR) is 45.6 cm³/mol. The molecule has 0 aliphatic heterocycles. The molecule has 0 radical (unpaired) electrons. The van der Waals surface area contributed by atoms with Gasteiger partial charge in [0.05, 0.1) is 7.11 Å². The van der Waals surface area contributed by atoms with Gasteiger partial charge in [0.25, 0.3) is 0 Å². The number of nitrogens with zero attached hydrogens (tertiary/aromatic N) is 2. The third kappa shape index (κ3) is 2.81. The minimum atomic E-state index is -0.640. The van der Waals surface area contributed by atoms with Crippen molar-refractivity contribution in [1.82, 2.24) is 10.2 Å². The van der Waals surface area contributed by atoms with Crippen molar-refractivity contribution < 1.29 is 18.7 Å². The van der Waals surface area contributed by atoms with Crippen molar-refractivity contribution in [3.05, 3.63) is 11.8 Å². The molecule has 0 aromatic carbocycles. The van der Waals surface area contributed by atoms with Crippen molar-refractivity contribution in [2.24, 2.45) is 0 Å². The lowest BCUT2D eigenvalue weighted by molar-refractivity contribution is 0.0543. The van der Waals surface area contributed by atoms with E-state index in [4.69, 9.17) is 9.15 Å². The van der Waals surface area contributed by atoms with E-state index in [-0.39, 0.29) is 18.4 Å². The molecule has 0 unspecified atom stereocenters. The van der Waals surface area contributed by atoms with Gasteiger partial charge in [-0.25, -0.2) is 4.79 Å². The summed E-state index contributed by atoms with van der Waals surface area (Å²) in [7, 11) is 1.25. The summed E-state index contributed by atoms with van der Waals surface area (Å²) in [5, 5.41) is 7.11. The first-order valence-electron chi connectivity index (χ1n) is 4.26. The Morgan fingerprint density at radius 1 is 1.50 bits per heavy atom. The highest BCUT2D eigenvalue weighted by atomic mass is 16.5. The number of hydrogen-bond acceptors (Lipinski definition) is 6. The lowest BCUT2D eigenvalue weighted by Crippen LogP contribution is -2.00. The van der Waals surface area contributed by atoms with E-state index in [1.807, 2.05) is 6.92 Å². The topological polar surface area (TPSA) is 74.5 Å². The highest BCUT2D eigenvalue weighted by Crippen LogP contribution is 2.02. The van der Waals surface area contributed by atoms with Crippen LogP contribution in [0.4, 0.5) is 0 Å². The van der Waals surface area contributed by atoms with Crippen LogP contribution in [0.25, 0.3) is 0 Å². The van der Waals surface area contributed by atoms with E-state index in [9.17, 15) is 4.79 Å². The summed E-state index contributed by atoms with van der Waals surface area (Å²) in [5.74, 6) is -0.513. The molecule has 0 spiro atoms. The van der Waals surface area contributed by atoms with Crippen LogP contribution in [0.3, 0.4) is 0 Å². The molecule has 1 heterocycles. The number of carbonyl (C=O) groups is 1. The van der Waals surface area contributed by atoms with Crippen LogP contribution >= 0.6 is 0 Å². The Balaban J connectivity index is 2.46. The molecule has 14 heavy (non-hydrogen) atoms. The van der Waals surface area contributed by atoms with Crippen LogP contribution in [-0.2, 0) is 16.1 Å². The molecule has 6 nitrogen and oxygen atoms in total. The van der Waals surface area contributed by atoms with Crippen LogP contribution in [0.5, 0.6) is 0 Å². The number of aromatic nitrogens is 2. The Bertz CT molecular complexity index is 297. The van der Waals surface area contributed by atoms with Crippen LogP contribution in [0.15, 0.2) is 4.42 Å². The second-order valence-corrected chi connectivity index (χ2v) is 2.55. The van der Waals surface area contributed by atoms with Crippen LogP contribution in [0.2, 0.25) is 0 Å². The average Bonchev–Trinajstić information content (AvgIpc) is 2.66. The van der Waals surface area contributed by atoms with Gasteiger partial charge in [0.2, 0.25) is 5.89 Å². The van der Waals surface area contributed by atoms with Gasteiger partial charge in [-0.1, -0.05) is 6.92 Å². The molecule has 0 amide bonds. The van der Waals surface area contributed by atoms with Gasteiger partial charge in [0.15, 0.2) is 0 Å². The van der Waals surface area contributed by atoms with Crippen molar-refractivity contribution in [2.45, 2.75) is 20.0 Å². The molecule has 0 fully saturated rings. The minimum absolute atomic E-state index is 0.150. The molecule has 1 aromatic rings. The average molecular weight is 200 g/mol. The summed E-state index contributed by atoms with van der Waals surface area (Å²) in [6, 6.07) is 0. The summed E-state index contributed by atoms with van der Waals surface area (Å²) in [5.41, 5.74) is 0. The SMILES string of the molecule is CCCOCc1nnc(C(=O)OC)o1. The second kappa shape index (κ2) is 5.33. The van der Waals surface area contributed by atoms with Gasteiger partial charge >= 0.3 is 11.9 Å². The molecular weight excluding hydrogens is 188 g/mol. The third-order valence-corrected chi connectivity index (χ3v) is 1.40. The Morgan fingerprint density at radius 2 is 2.29 bits per heavy atom. The first-order valence-corrected chi connectivity index (χ1v) is 4.26. The molecule has 6 heteroatoms. The van der Waals surface area contributed by atoms with Gasteiger partial charge in [-0.05, 0) is 6.42 Å². The van der Waals surface area contributed by atoms with E-state index < -0.39 is 5.97 Å². The first kappa shape index (κ1) is 10.6. The number of esters is 1. The molecule has 0 saturated carbocycles. The number of methoxy groups -OCH3 is 1. The Kier molecular flexibility index (Phi) is 4.06. The molecule has 0 atom stereocenters. The maximum Gasteiger partial charge on any atom is 0.396 e. The Labute approximate surface area is 81.2 Å². The van der Waals surface area contributed by atoms with Crippen molar-refractivity contribution in [1.29, 1.82) is 0 Å². The molecule has 0 aliphatic rings. The van der Waals surface area contributed by atoms with E-state index in [0.29, 0.717) is 6.61 Å². The summed E-state index contributed by atoms with van der Waals surface area (Å²) in [6.45, 7) is 2.83. The van der Waals surface area contributed by atoms with E-state index in [1.165, 1.54) is 7.11 Å². The lowest BCUT2D eigenvalue weighted by Gasteiger charge is -1.95. The van der Waals surface area contributed by atoms with E-state index in [2.05, 4.69) is 14.9 Å². The minimum Gasteiger partial charge on any atom is -0.462 e. The smallest absolute Gasteiger partial charge is 0.396 e. The van der Waals surface area contributed by atoms with E-state index >= 15 is 0 Å². The molecule has 0 aliphatic carbocycles. The summed E-state index contributed by atoms with van der Waals surface area (Å²) in [6.07, 6.45) is 0.915. The zero-order chi connectivity index (χ0) is 10.4. The van der Waals surface area contributed by atoms with Crippen molar-refractivity contribution in [2.75, 3.05) is 13.7 Å². The van der Waals surface area contributed by atoms with Crippen molar-refractivity contribution in [3.8, 4) is 0 Å². The van der Waals surface area contributed by atoms with E-state index in [0.717, 1.165) is 6.42 Å². The lowest BCUT2D eigenvalue weighted by atomic mass is 10.5. The van der Waals surface area contributed by atoms with Crippen LogP contribution < -0.4 is 0 Å². The third-order valence-electron chi connectivity index (χ3n) is 1.40. The zero-order valence-electron chi connectivity index (χ0n) is 8.15. The van der Waals surface area contributed by atoms with E-state index in [1.54, 1.807) is 0 Å². The highest BCUT2D eigenvalue weighted by Gasteiger charge is 2.14. The fraction of sp³-hybridized carbons (Fsp3) is 0.625. The summed E-state index contributed by atoms with van der Waals surface area (Å²) >= 11 is 0. The van der Waals surface area contributed by atoms with Crippen LogP contribution in [0.1, 0.15) is 29.9 Å². The number of rotatable bonds is 5. The molecule has 0 saturated heterocycles. The fourth-order valence-corrected chi connectivity index (χ4v) is 0.786. The summed E-state index contributed by atoms with van der Waals surface area (Å²) < 4.78 is 14.5. The van der Waals surface area contributed by atoms with Gasteiger partial charge < -0.3 is 13.9 Å². The predicted octanol–water partition coefficient (Wildman–Crippen LogP) is 0.783. The fourth-order valence-electron chi connectivity index (χ4n) is 0.786. The van der Waals surface area contributed by atoms with Crippen molar-refractivity contribution in [3.63, 3.8) is 0 Å². The quantitative estimate of drug-likeness (QED) is 0.516.